The monoisotopic (exact) mass is 320 g/mol. The highest BCUT2D eigenvalue weighted by molar-refractivity contribution is 6.06. The maximum atomic E-state index is 12.9. The number of benzene rings is 2. The highest BCUT2D eigenvalue weighted by Gasteiger charge is 2.16. The molecule has 0 saturated heterocycles. The molecule has 0 N–H and O–H groups in total. The third-order valence-electron chi connectivity index (χ3n) is 4.24. The zero-order valence-electron chi connectivity index (χ0n) is 13.4. The number of nitrogens with zero attached hydrogens (tertiary/aromatic N) is 4. The summed E-state index contributed by atoms with van der Waals surface area (Å²) in [7, 11) is 3.77. The van der Waals surface area contributed by atoms with Crippen LogP contribution in [0.3, 0.4) is 0 Å². The van der Waals surface area contributed by atoms with Gasteiger partial charge in [-0.1, -0.05) is 12.1 Å². The molecule has 4 rings (SSSR count). The van der Waals surface area contributed by atoms with Gasteiger partial charge in [0, 0.05) is 43.3 Å². The van der Waals surface area contributed by atoms with Gasteiger partial charge in [0.25, 0.3) is 5.91 Å². The Bertz CT molecular complexity index is 1050. The van der Waals surface area contributed by atoms with Crippen LogP contribution < -0.4 is 0 Å². The van der Waals surface area contributed by atoms with Crippen molar-refractivity contribution in [3.05, 3.63) is 59.8 Å². The number of carbonyl (C=O) groups excluding carboxylic acids is 1. The fraction of sp³-hybridized carbons (Fsp3) is 0.167. The molecule has 0 fully saturated rings. The van der Waals surface area contributed by atoms with E-state index in [0.29, 0.717) is 23.1 Å². The van der Waals surface area contributed by atoms with Gasteiger partial charge < -0.3 is 9.47 Å². The minimum absolute atomic E-state index is 0.00910. The number of aromatic nitrogens is 3. The Labute approximate surface area is 138 Å². The summed E-state index contributed by atoms with van der Waals surface area (Å²) in [4.78, 5) is 14.6. The Morgan fingerprint density at radius 2 is 2.00 bits per heavy atom. The Hall–Kier alpha value is -3.15. The zero-order chi connectivity index (χ0) is 16.7. The van der Waals surface area contributed by atoms with E-state index in [2.05, 4.69) is 10.3 Å². The van der Waals surface area contributed by atoms with Crippen LogP contribution in [0.25, 0.3) is 21.9 Å². The minimum Gasteiger partial charge on any atom is -0.351 e. The molecular formula is C18H16N4O2. The number of fused-ring (bicyclic) bond motifs is 2. The molecule has 24 heavy (non-hydrogen) atoms. The van der Waals surface area contributed by atoms with Crippen molar-refractivity contribution in [1.29, 1.82) is 0 Å². The van der Waals surface area contributed by atoms with Crippen LogP contribution in [0, 0.1) is 0 Å². The first-order valence-electron chi connectivity index (χ1n) is 7.64. The van der Waals surface area contributed by atoms with E-state index >= 15 is 0 Å². The van der Waals surface area contributed by atoms with E-state index in [1.807, 2.05) is 60.3 Å². The second-order valence-corrected chi connectivity index (χ2v) is 5.91. The number of carbonyl (C=O) groups is 1. The van der Waals surface area contributed by atoms with Gasteiger partial charge in [0.2, 0.25) is 0 Å². The molecule has 0 unspecified atom stereocenters. The van der Waals surface area contributed by atoms with Crippen LogP contribution in [0.2, 0.25) is 0 Å². The van der Waals surface area contributed by atoms with Crippen LogP contribution in [0.1, 0.15) is 15.9 Å². The van der Waals surface area contributed by atoms with Crippen LogP contribution in [-0.2, 0) is 13.6 Å². The van der Waals surface area contributed by atoms with E-state index < -0.39 is 0 Å². The Morgan fingerprint density at radius 1 is 1.17 bits per heavy atom. The van der Waals surface area contributed by atoms with Crippen molar-refractivity contribution in [2.45, 2.75) is 6.54 Å². The summed E-state index contributed by atoms with van der Waals surface area (Å²) >= 11 is 0. The first-order valence-corrected chi connectivity index (χ1v) is 7.64. The Morgan fingerprint density at radius 3 is 2.88 bits per heavy atom. The van der Waals surface area contributed by atoms with E-state index in [0.717, 1.165) is 16.5 Å². The summed E-state index contributed by atoms with van der Waals surface area (Å²) in [6.07, 6.45) is 1.97. The molecule has 6 nitrogen and oxygen atoms in total. The van der Waals surface area contributed by atoms with E-state index in [1.54, 1.807) is 11.9 Å². The van der Waals surface area contributed by atoms with Crippen LogP contribution in [0.15, 0.2) is 53.3 Å². The van der Waals surface area contributed by atoms with Gasteiger partial charge in [-0.3, -0.25) is 4.79 Å². The predicted octanol–water partition coefficient (Wildman–Crippen LogP) is 2.99. The molecule has 0 radical (unpaired) electrons. The molecule has 0 aliphatic rings. The lowest BCUT2D eigenvalue weighted by atomic mass is 10.1. The van der Waals surface area contributed by atoms with Crippen molar-refractivity contribution in [3.63, 3.8) is 0 Å². The van der Waals surface area contributed by atoms with Gasteiger partial charge in [-0.2, -0.15) is 0 Å². The molecule has 2 heterocycles. The molecule has 0 atom stereocenters. The third-order valence-corrected chi connectivity index (χ3v) is 4.24. The predicted molar refractivity (Wildman–Crippen MR) is 90.5 cm³/mol. The fourth-order valence-corrected chi connectivity index (χ4v) is 2.97. The third kappa shape index (κ3) is 2.32. The smallest absolute Gasteiger partial charge is 0.254 e. The molecule has 0 saturated carbocycles. The molecule has 2 aromatic heterocycles. The second kappa shape index (κ2) is 5.49. The van der Waals surface area contributed by atoms with Crippen molar-refractivity contribution in [2.75, 3.05) is 7.05 Å². The first-order chi connectivity index (χ1) is 11.6. The highest BCUT2D eigenvalue weighted by Crippen LogP contribution is 2.21. The van der Waals surface area contributed by atoms with Crippen LogP contribution in [0.4, 0.5) is 0 Å². The Kier molecular flexibility index (Phi) is 3.30. The van der Waals surface area contributed by atoms with Gasteiger partial charge in [0.15, 0.2) is 0 Å². The number of hydrogen-bond acceptors (Lipinski definition) is 4. The quantitative estimate of drug-likeness (QED) is 0.582. The average molecular weight is 320 g/mol. The van der Waals surface area contributed by atoms with Gasteiger partial charge in [-0.15, -0.1) is 0 Å². The molecule has 0 aliphatic carbocycles. The summed E-state index contributed by atoms with van der Waals surface area (Å²) in [5.41, 5.74) is 4.14. The van der Waals surface area contributed by atoms with Crippen molar-refractivity contribution < 1.29 is 9.42 Å². The van der Waals surface area contributed by atoms with Crippen LogP contribution in [0.5, 0.6) is 0 Å². The summed E-state index contributed by atoms with van der Waals surface area (Å²) in [6.45, 7) is 0.491. The number of rotatable bonds is 3. The lowest BCUT2D eigenvalue weighted by Crippen LogP contribution is -2.26. The average Bonchev–Trinajstić information content (AvgIpc) is 3.20. The SMILES string of the molecule is CN(Cc1ccc2nonc2c1)C(=O)c1cccc2c1ccn2C. The van der Waals surface area contributed by atoms with Crippen LogP contribution >= 0.6 is 0 Å². The number of amides is 1. The highest BCUT2D eigenvalue weighted by atomic mass is 16.6. The normalized spacial score (nSPS) is 11.2. The largest absolute Gasteiger partial charge is 0.351 e. The van der Waals surface area contributed by atoms with E-state index in [4.69, 9.17) is 4.63 Å². The lowest BCUT2D eigenvalue weighted by Gasteiger charge is -2.18. The van der Waals surface area contributed by atoms with Gasteiger partial charge in [-0.25, -0.2) is 4.63 Å². The van der Waals surface area contributed by atoms with E-state index in [9.17, 15) is 4.79 Å². The van der Waals surface area contributed by atoms with E-state index in [-0.39, 0.29) is 5.91 Å². The van der Waals surface area contributed by atoms with Crippen molar-refractivity contribution in [2.24, 2.45) is 7.05 Å². The maximum Gasteiger partial charge on any atom is 0.254 e. The van der Waals surface area contributed by atoms with Gasteiger partial charge in [0.1, 0.15) is 11.0 Å². The molecule has 4 aromatic rings. The second-order valence-electron chi connectivity index (χ2n) is 5.91. The zero-order valence-corrected chi connectivity index (χ0v) is 13.4. The molecule has 2 aromatic carbocycles. The molecule has 0 bridgehead atoms. The summed E-state index contributed by atoms with van der Waals surface area (Å²) in [5.74, 6) is -0.00910. The molecule has 1 amide bonds. The molecule has 6 heteroatoms. The van der Waals surface area contributed by atoms with E-state index in [1.165, 1.54) is 0 Å². The molecule has 0 spiro atoms. The summed E-state index contributed by atoms with van der Waals surface area (Å²) < 4.78 is 6.72. The Balaban J connectivity index is 1.63. The van der Waals surface area contributed by atoms with Crippen molar-refractivity contribution >= 4 is 27.8 Å². The van der Waals surface area contributed by atoms with Crippen molar-refractivity contribution in [3.8, 4) is 0 Å². The number of aryl methyl sites for hydroxylation is 1. The van der Waals surface area contributed by atoms with Gasteiger partial charge in [0.05, 0.1) is 0 Å². The maximum absolute atomic E-state index is 12.9. The summed E-state index contributed by atoms with van der Waals surface area (Å²) in [5, 5.41) is 8.60. The minimum atomic E-state index is -0.00910. The topological polar surface area (TPSA) is 64.2 Å². The molecular weight excluding hydrogens is 304 g/mol. The summed E-state index contributed by atoms with van der Waals surface area (Å²) in [6, 6.07) is 13.4. The molecule has 120 valence electrons. The standard InChI is InChI=1S/C18H16N4O2/c1-21-9-8-13-14(4-3-5-17(13)21)18(23)22(2)11-12-6-7-15-16(10-12)20-24-19-15/h3-10H,11H2,1-2H3. The van der Waals surface area contributed by atoms with Crippen LogP contribution in [-0.4, -0.2) is 32.7 Å². The van der Waals surface area contributed by atoms with Gasteiger partial charge >= 0.3 is 0 Å². The van der Waals surface area contributed by atoms with Crippen molar-refractivity contribution in [1.82, 2.24) is 19.8 Å². The van der Waals surface area contributed by atoms with Gasteiger partial charge in [-0.05, 0) is 46.2 Å². The molecule has 0 aliphatic heterocycles. The number of hydrogen-bond donors (Lipinski definition) is 0. The lowest BCUT2D eigenvalue weighted by molar-refractivity contribution is 0.0787. The fourth-order valence-electron chi connectivity index (χ4n) is 2.97. The first kappa shape index (κ1) is 14.4.